The Morgan fingerprint density at radius 1 is 0.273 bits per heavy atom. The molecule has 0 radical (unpaired) electrons. The lowest BCUT2D eigenvalue weighted by atomic mass is 9.92. The quantitative estimate of drug-likeness (QED) is 0.166. The van der Waals surface area contributed by atoms with E-state index in [1.807, 2.05) is 42.5 Å². The molecule has 8 aromatic carbocycles. The van der Waals surface area contributed by atoms with Crippen LogP contribution in [-0.2, 0) is 0 Å². The van der Waals surface area contributed by atoms with Gasteiger partial charge in [0.15, 0.2) is 17.5 Å². The molecule has 0 atom stereocenters. The summed E-state index contributed by atoms with van der Waals surface area (Å²) < 4.78 is 6.51. The van der Waals surface area contributed by atoms with Gasteiger partial charge in [-0.05, 0) is 68.8 Å². The molecule has 10 rings (SSSR count). The van der Waals surface area contributed by atoms with Gasteiger partial charge in [0.05, 0.1) is 0 Å². The Balaban J connectivity index is 1.22. The maximum atomic E-state index is 6.51. The highest BCUT2D eigenvalue weighted by molar-refractivity contribution is 6.13. The molecule has 0 saturated heterocycles. The number of hydrogen-bond acceptors (Lipinski definition) is 4. The first kappa shape index (κ1) is 32.2. The van der Waals surface area contributed by atoms with Crippen LogP contribution >= 0.6 is 0 Å². The van der Waals surface area contributed by atoms with Gasteiger partial charge >= 0.3 is 0 Å². The molecule has 0 unspecified atom stereocenters. The highest BCUT2D eigenvalue weighted by Gasteiger charge is 2.20. The molecule has 0 N–H and O–H groups in total. The summed E-state index contributed by atoms with van der Waals surface area (Å²) in [6.45, 7) is 0. The van der Waals surface area contributed by atoms with E-state index in [0.29, 0.717) is 17.5 Å². The summed E-state index contributed by atoms with van der Waals surface area (Å²) in [5.74, 6) is 1.77. The van der Waals surface area contributed by atoms with Crippen LogP contribution in [0.2, 0.25) is 0 Å². The fourth-order valence-corrected chi connectivity index (χ4v) is 7.43. The molecule has 0 aliphatic rings. The smallest absolute Gasteiger partial charge is 0.164 e. The Morgan fingerprint density at radius 3 is 1.38 bits per heavy atom. The number of aromatic nitrogens is 3. The second kappa shape index (κ2) is 13.8. The van der Waals surface area contributed by atoms with Crippen molar-refractivity contribution >= 4 is 21.9 Å². The summed E-state index contributed by atoms with van der Waals surface area (Å²) in [4.78, 5) is 15.8. The molecule has 0 saturated carbocycles. The Labute approximate surface area is 319 Å². The Kier molecular flexibility index (Phi) is 8.12. The summed E-state index contributed by atoms with van der Waals surface area (Å²) in [6.07, 6.45) is 0. The van der Waals surface area contributed by atoms with Crippen LogP contribution in [0.25, 0.3) is 101 Å². The van der Waals surface area contributed by atoms with Crippen molar-refractivity contribution in [1.29, 1.82) is 0 Å². The van der Waals surface area contributed by atoms with Crippen molar-refractivity contribution in [2.45, 2.75) is 0 Å². The molecule has 258 valence electrons. The van der Waals surface area contributed by atoms with Crippen LogP contribution in [0.3, 0.4) is 0 Å². The molecule has 0 bridgehead atoms. The van der Waals surface area contributed by atoms with Gasteiger partial charge < -0.3 is 4.42 Å². The Hall–Kier alpha value is -7.43. The van der Waals surface area contributed by atoms with Crippen molar-refractivity contribution in [3.8, 4) is 78.7 Å². The Morgan fingerprint density at radius 2 is 0.727 bits per heavy atom. The molecular formula is C51H33N3O. The minimum absolute atomic E-state index is 0.579. The number of rotatable bonds is 7. The van der Waals surface area contributed by atoms with Gasteiger partial charge in [-0.25, -0.2) is 15.0 Å². The number of fused-ring (bicyclic) bond motifs is 3. The van der Waals surface area contributed by atoms with E-state index in [1.54, 1.807) is 0 Å². The van der Waals surface area contributed by atoms with E-state index < -0.39 is 0 Å². The van der Waals surface area contributed by atoms with Gasteiger partial charge in [0.1, 0.15) is 11.2 Å². The molecule has 0 aliphatic carbocycles. The van der Waals surface area contributed by atoms with Crippen molar-refractivity contribution in [3.63, 3.8) is 0 Å². The fourth-order valence-electron chi connectivity index (χ4n) is 7.43. The number of para-hydroxylation sites is 1. The van der Waals surface area contributed by atoms with Gasteiger partial charge in [-0.1, -0.05) is 176 Å². The average molecular weight is 704 g/mol. The predicted molar refractivity (Wildman–Crippen MR) is 225 cm³/mol. The minimum atomic E-state index is 0.579. The summed E-state index contributed by atoms with van der Waals surface area (Å²) in [5.41, 5.74) is 13.2. The van der Waals surface area contributed by atoms with E-state index in [9.17, 15) is 0 Å². The van der Waals surface area contributed by atoms with Gasteiger partial charge in [-0.2, -0.15) is 0 Å². The maximum Gasteiger partial charge on any atom is 0.164 e. The lowest BCUT2D eigenvalue weighted by Crippen LogP contribution is -2.01. The number of furan rings is 1. The first-order valence-electron chi connectivity index (χ1n) is 18.4. The highest BCUT2D eigenvalue weighted by Crippen LogP contribution is 2.41. The average Bonchev–Trinajstić information content (AvgIpc) is 3.66. The lowest BCUT2D eigenvalue weighted by molar-refractivity contribution is 0.669. The SMILES string of the molecule is c1ccc(-c2ccc(-c3nc(-c4ccc(-c5ccccc5)c(-c5ccccc5)c4)nc(-c4cc(-c5ccccc5)cc5oc6ccccc6c45)n3)cc2)cc1. The molecule has 2 heterocycles. The fraction of sp³-hybridized carbons (Fsp3) is 0. The van der Waals surface area contributed by atoms with E-state index in [4.69, 9.17) is 19.4 Å². The van der Waals surface area contributed by atoms with Gasteiger partial charge in [0.25, 0.3) is 0 Å². The van der Waals surface area contributed by atoms with Crippen LogP contribution in [0.5, 0.6) is 0 Å². The van der Waals surface area contributed by atoms with Crippen molar-refractivity contribution in [3.05, 3.63) is 200 Å². The van der Waals surface area contributed by atoms with E-state index >= 15 is 0 Å². The predicted octanol–water partition coefficient (Wildman–Crippen LogP) is 13.4. The normalized spacial score (nSPS) is 11.3. The third-order valence-electron chi connectivity index (χ3n) is 10.2. The zero-order chi connectivity index (χ0) is 36.6. The second-order valence-electron chi connectivity index (χ2n) is 13.6. The van der Waals surface area contributed by atoms with Gasteiger partial charge in [-0.3, -0.25) is 0 Å². The molecule has 10 aromatic rings. The van der Waals surface area contributed by atoms with Crippen molar-refractivity contribution in [2.24, 2.45) is 0 Å². The van der Waals surface area contributed by atoms with Crippen LogP contribution in [0.1, 0.15) is 0 Å². The van der Waals surface area contributed by atoms with Crippen LogP contribution in [0.15, 0.2) is 205 Å². The summed E-state index contributed by atoms with van der Waals surface area (Å²) >= 11 is 0. The molecule has 0 aliphatic heterocycles. The van der Waals surface area contributed by atoms with Crippen molar-refractivity contribution in [2.75, 3.05) is 0 Å². The van der Waals surface area contributed by atoms with E-state index in [1.165, 1.54) is 0 Å². The van der Waals surface area contributed by atoms with E-state index in [0.717, 1.165) is 83.1 Å². The maximum absolute atomic E-state index is 6.51. The highest BCUT2D eigenvalue weighted by atomic mass is 16.3. The largest absolute Gasteiger partial charge is 0.456 e. The number of hydrogen-bond donors (Lipinski definition) is 0. The van der Waals surface area contributed by atoms with Crippen LogP contribution in [0, 0.1) is 0 Å². The lowest BCUT2D eigenvalue weighted by Gasteiger charge is -2.14. The van der Waals surface area contributed by atoms with Crippen LogP contribution < -0.4 is 0 Å². The molecule has 0 fully saturated rings. The third-order valence-corrected chi connectivity index (χ3v) is 10.2. The second-order valence-corrected chi connectivity index (χ2v) is 13.6. The third kappa shape index (κ3) is 6.16. The molecule has 55 heavy (non-hydrogen) atoms. The summed E-state index contributed by atoms with van der Waals surface area (Å²) in [6, 6.07) is 69.3. The summed E-state index contributed by atoms with van der Waals surface area (Å²) in [7, 11) is 0. The first-order valence-corrected chi connectivity index (χ1v) is 18.4. The summed E-state index contributed by atoms with van der Waals surface area (Å²) in [5, 5.41) is 1.99. The zero-order valence-electron chi connectivity index (χ0n) is 29.8. The molecule has 0 amide bonds. The van der Waals surface area contributed by atoms with Crippen molar-refractivity contribution < 1.29 is 4.42 Å². The Bertz CT molecular complexity index is 2940. The monoisotopic (exact) mass is 703 g/mol. The topological polar surface area (TPSA) is 51.8 Å². The molecule has 4 heteroatoms. The number of benzene rings is 8. The van der Waals surface area contributed by atoms with Crippen LogP contribution in [-0.4, -0.2) is 15.0 Å². The van der Waals surface area contributed by atoms with Gasteiger partial charge in [0, 0.05) is 27.5 Å². The van der Waals surface area contributed by atoms with E-state index in [2.05, 4.69) is 158 Å². The molecule has 4 nitrogen and oxygen atoms in total. The molecular weight excluding hydrogens is 671 g/mol. The zero-order valence-corrected chi connectivity index (χ0v) is 29.8. The van der Waals surface area contributed by atoms with Gasteiger partial charge in [-0.15, -0.1) is 0 Å². The minimum Gasteiger partial charge on any atom is -0.456 e. The first-order chi connectivity index (χ1) is 27.2. The van der Waals surface area contributed by atoms with Crippen molar-refractivity contribution in [1.82, 2.24) is 15.0 Å². The number of nitrogens with zero attached hydrogens (tertiary/aromatic N) is 3. The van der Waals surface area contributed by atoms with Crippen LogP contribution in [0.4, 0.5) is 0 Å². The standard InChI is InChI=1S/C51H33N3O/c1-5-15-34(16-6-1)36-25-27-39(28-26-36)49-52-50(40-29-30-42(37-19-9-3-10-20-37)44(31-40)38-21-11-4-12-22-38)54-51(53-49)45-32-41(35-17-7-2-8-18-35)33-47-48(45)43-23-13-14-24-46(43)55-47/h1-33H. The molecule has 0 spiro atoms. The van der Waals surface area contributed by atoms with Gasteiger partial charge in [0.2, 0.25) is 0 Å². The molecule has 2 aromatic heterocycles. The van der Waals surface area contributed by atoms with E-state index in [-0.39, 0.29) is 0 Å².